The summed E-state index contributed by atoms with van der Waals surface area (Å²) in [5, 5.41) is 7.94. The third-order valence-corrected chi connectivity index (χ3v) is 3.94. The van der Waals surface area contributed by atoms with E-state index in [1.807, 2.05) is 0 Å². The molecule has 0 aliphatic carbocycles. The highest BCUT2D eigenvalue weighted by atomic mass is 28.3. The van der Waals surface area contributed by atoms with Crippen LogP contribution in [-0.4, -0.2) is 8.24 Å². The van der Waals surface area contributed by atoms with E-state index in [-0.39, 0.29) is 0 Å². The van der Waals surface area contributed by atoms with Crippen molar-refractivity contribution >= 4 is 8.24 Å². The maximum atomic E-state index is 7.94. The van der Waals surface area contributed by atoms with Gasteiger partial charge in [0.05, 0.1) is 0 Å². The summed E-state index contributed by atoms with van der Waals surface area (Å²) in [4.78, 5) is 0. The van der Waals surface area contributed by atoms with Gasteiger partial charge in [0.2, 0.25) is 0 Å². The quantitative estimate of drug-likeness (QED) is 0.565. The number of rotatable bonds is 6. The van der Waals surface area contributed by atoms with E-state index in [4.69, 9.17) is 5.40 Å². The number of hydrogen-bond acceptors (Lipinski definition) is 0. The van der Waals surface area contributed by atoms with Gasteiger partial charge in [0.25, 0.3) is 0 Å². The maximum absolute atomic E-state index is 7.94. The van der Waals surface area contributed by atoms with Crippen LogP contribution in [0, 0.1) is 5.92 Å². The highest BCUT2D eigenvalue weighted by Crippen LogP contribution is 2.22. The van der Waals surface area contributed by atoms with Crippen molar-refractivity contribution in [1.82, 2.24) is 5.40 Å². The van der Waals surface area contributed by atoms with Crippen molar-refractivity contribution in [3.05, 3.63) is 0 Å². The second-order valence-corrected chi connectivity index (χ2v) is 8.68. The minimum absolute atomic E-state index is 0.837. The van der Waals surface area contributed by atoms with Crippen LogP contribution in [0.1, 0.15) is 39.5 Å². The van der Waals surface area contributed by atoms with Crippen molar-refractivity contribution in [1.29, 1.82) is 0 Å². The van der Waals surface area contributed by atoms with Crippen LogP contribution in [0.3, 0.4) is 0 Å². The predicted molar refractivity (Wildman–Crippen MR) is 58.7 cm³/mol. The van der Waals surface area contributed by atoms with Crippen LogP contribution in [0.2, 0.25) is 19.1 Å². The normalized spacial score (nSPS) is 14.8. The lowest BCUT2D eigenvalue weighted by Crippen LogP contribution is -2.30. The molecule has 0 aromatic rings. The fraction of sp³-hybridized carbons (Fsp3) is 1.00. The predicted octanol–water partition coefficient (Wildman–Crippen LogP) is 3.69. The van der Waals surface area contributed by atoms with E-state index in [1.165, 1.54) is 31.7 Å². The minimum Gasteiger partial charge on any atom is -0.285 e. The van der Waals surface area contributed by atoms with Gasteiger partial charge in [0.15, 0.2) is 0 Å². The van der Waals surface area contributed by atoms with Gasteiger partial charge in [-0.1, -0.05) is 52.6 Å². The Morgan fingerprint density at radius 2 is 1.83 bits per heavy atom. The first-order valence-electron chi connectivity index (χ1n) is 5.24. The molecule has 0 bridgehead atoms. The van der Waals surface area contributed by atoms with Gasteiger partial charge in [-0.05, 0) is 12.0 Å². The van der Waals surface area contributed by atoms with E-state index in [1.54, 1.807) is 0 Å². The molecule has 0 amide bonds. The highest BCUT2D eigenvalue weighted by molar-refractivity contribution is 6.73. The fourth-order valence-electron chi connectivity index (χ4n) is 1.67. The first-order chi connectivity index (χ1) is 5.49. The smallest absolute Gasteiger partial charge is 0.135 e. The Balaban J connectivity index is 3.67. The van der Waals surface area contributed by atoms with Crippen molar-refractivity contribution in [2.45, 2.75) is 58.7 Å². The molecule has 0 aliphatic rings. The molecule has 0 saturated heterocycles. The molecule has 1 atom stereocenters. The van der Waals surface area contributed by atoms with Crippen LogP contribution >= 0.6 is 0 Å². The molecule has 0 fully saturated rings. The van der Waals surface area contributed by atoms with Gasteiger partial charge < -0.3 is 0 Å². The summed E-state index contributed by atoms with van der Waals surface area (Å²) in [7, 11) is -1.54. The van der Waals surface area contributed by atoms with Crippen LogP contribution in [0.5, 0.6) is 0 Å². The third-order valence-electron chi connectivity index (χ3n) is 2.34. The van der Waals surface area contributed by atoms with Crippen LogP contribution in [-0.2, 0) is 0 Å². The molecular weight excluding hydrogens is 162 g/mol. The second kappa shape index (κ2) is 5.76. The SMILES string of the molecule is CCCCC(CC)C[Si](C)(C)[NH]. The van der Waals surface area contributed by atoms with Gasteiger partial charge in [-0.3, -0.25) is 5.40 Å². The molecule has 1 N–H and O–H groups in total. The summed E-state index contributed by atoms with van der Waals surface area (Å²) in [6, 6.07) is 1.20. The Morgan fingerprint density at radius 1 is 1.25 bits per heavy atom. The largest absolute Gasteiger partial charge is 0.285 e. The van der Waals surface area contributed by atoms with Crippen molar-refractivity contribution in [2.75, 3.05) is 0 Å². The summed E-state index contributed by atoms with van der Waals surface area (Å²) in [6.07, 6.45) is 5.27. The van der Waals surface area contributed by atoms with Gasteiger partial charge in [-0.25, -0.2) is 0 Å². The van der Waals surface area contributed by atoms with E-state index >= 15 is 0 Å². The molecule has 12 heavy (non-hydrogen) atoms. The molecule has 0 aromatic carbocycles. The molecule has 0 saturated carbocycles. The summed E-state index contributed by atoms with van der Waals surface area (Å²) in [5.74, 6) is 0.837. The van der Waals surface area contributed by atoms with Crippen molar-refractivity contribution in [3.8, 4) is 0 Å². The molecule has 2 heteroatoms. The standard InChI is InChI=1S/C10H24NSi/c1-5-7-8-10(6-2)9-12(3,4)11/h10-11H,5-9H2,1-4H3. The van der Waals surface area contributed by atoms with E-state index < -0.39 is 8.24 Å². The summed E-state index contributed by atoms with van der Waals surface area (Å²) in [5.41, 5.74) is 0. The molecule has 73 valence electrons. The first-order valence-corrected chi connectivity index (χ1v) is 8.45. The highest BCUT2D eigenvalue weighted by Gasteiger charge is 2.20. The summed E-state index contributed by atoms with van der Waals surface area (Å²) >= 11 is 0. The lowest BCUT2D eigenvalue weighted by atomic mass is 10.0. The number of nitrogens with one attached hydrogen (secondary N) is 1. The molecule has 0 aliphatic heterocycles. The lowest BCUT2D eigenvalue weighted by Gasteiger charge is -2.22. The Kier molecular flexibility index (Phi) is 5.84. The fourth-order valence-corrected chi connectivity index (χ4v) is 3.60. The topological polar surface area (TPSA) is 23.8 Å². The molecule has 0 heterocycles. The van der Waals surface area contributed by atoms with E-state index in [2.05, 4.69) is 26.9 Å². The van der Waals surface area contributed by atoms with Gasteiger partial charge in [0, 0.05) is 0 Å². The minimum atomic E-state index is -1.54. The molecule has 0 aromatic heterocycles. The van der Waals surface area contributed by atoms with Gasteiger partial charge >= 0.3 is 0 Å². The molecular formula is C10H24NSi. The van der Waals surface area contributed by atoms with Crippen LogP contribution < -0.4 is 5.40 Å². The molecule has 0 spiro atoms. The summed E-state index contributed by atoms with van der Waals surface area (Å²) in [6.45, 7) is 8.82. The van der Waals surface area contributed by atoms with Crippen molar-refractivity contribution < 1.29 is 0 Å². The van der Waals surface area contributed by atoms with Crippen LogP contribution in [0.25, 0.3) is 0 Å². The zero-order valence-corrected chi connectivity index (χ0v) is 10.1. The van der Waals surface area contributed by atoms with Gasteiger partial charge in [-0.2, -0.15) is 0 Å². The van der Waals surface area contributed by atoms with Crippen LogP contribution in [0.15, 0.2) is 0 Å². The Bertz CT molecular complexity index is 107. The van der Waals surface area contributed by atoms with Crippen molar-refractivity contribution in [2.24, 2.45) is 5.92 Å². The summed E-state index contributed by atoms with van der Waals surface area (Å²) < 4.78 is 0. The first kappa shape index (κ1) is 12.2. The maximum Gasteiger partial charge on any atom is 0.135 e. The Morgan fingerprint density at radius 3 is 2.17 bits per heavy atom. The lowest BCUT2D eigenvalue weighted by molar-refractivity contribution is 0.485. The average molecular weight is 186 g/mol. The molecule has 1 unspecified atom stereocenters. The zero-order chi connectivity index (χ0) is 9.61. The van der Waals surface area contributed by atoms with E-state index in [0.717, 1.165) is 5.92 Å². The number of unbranched alkanes of at least 4 members (excludes halogenated alkanes) is 1. The van der Waals surface area contributed by atoms with E-state index in [9.17, 15) is 0 Å². The molecule has 1 nitrogen and oxygen atoms in total. The monoisotopic (exact) mass is 186 g/mol. The van der Waals surface area contributed by atoms with Crippen molar-refractivity contribution in [3.63, 3.8) is 0 Å². The Labute approximate surface area is 78.8 Å². The molecule has 0 rings (SSSR count). The molecule has 1 radical (unpaired) electrons. The number of hydrogen-bond donors (Lipinski definition) is 0. The van der Waals surface area contributed by atoms with E-state index in [0.29, 0.717) is 0 Å². The average Bonchev–Trinajstić information content (AvgIpc) is 1.95. The van der Waals surface area contributed by atoms with Gasteiger partial charge in [-0.15, -0.1) is 0 Å². The zero-order valence-electron chi connectivity index (χ0n) is 9.11. The Hall–Kier alpha value is 0.177. The van der Waals surface area contributed by atoms with Gasteiger partial charge in [0.1, 0.15) is 8.24 Å². The third kappa shape index (κ3) is 6.86. The second-order valence-electron chi connectivity index (χ2n) is 4.50. The van der Waals surface area contributed by atoms with Crippen LogP contribution in [0.4, 0.5) is 0 Å².